The molecule has 0 unspecified atom stereocenters. The lowest BCUT2D eigenvalue weighted by molar-refractivity contribution is -0.140. The molecule has 1 aliphatic heterocycles. The summed E-state index contributed by atoms with van der Waals surface area (Å²) >= 11 is 0. The van der Waals surface area contributed by atoms with E-state index in [4.69, 9.17) is 9.15 Å². The zero-order valence-corrected chi connectivity index (χ0v) is 19.5. The van der Waals surface area contributed by atoms with E-state index in [1.807, 2.05) is 65.4 Å². The van der Waals surface area contributed by atoms with Crippen LogP contribution < -0.4 is 4.74 Å². The normalized spacial score (nSPS) is 14.4. The van der Waals surface area contributed by atoms with Crippen molar-refractivity contribution >= 4 is 22.8 Å². The molecule has 174 valence electrons. The number of ether oxygens (including phenoxy) is 1. The molecule has 0 spiro atoms. The van der Waals surface area contributed by atoms with E-state index in [-0.39, 0.29) is 17.7 Å². The standard InChI is InChI=1S/C27H32N2O4/c1-3-24-23(22-11-7-8-12-25(22)33-24)19-28(2)27(31)20-13-16-29(17-14-20)26(30)15-18-32-21-9-5-4-6-10-21/h4-12,20H,3,13-19H2,1-2H3. The van der Waals surface area contributed by atoms with Crippen LogP contribution in [0.25, 0.3) is 11.0 Å². The summed E-state index contributed by atoms with van der Waals surface area (Å²) in [6.45, 7) is 4.20. The highest BCUT2D eigenvalue weighted by molar-refractivity contribution is 5.84. The van der Waals surface area contributed by atoms with Gasteiger partial charge in [-0.05, 0) is 31.0 Å². The number of fused-ring (bicyclic) bond motifs is 1. The van der Waals surface area contributed by atoms with Crippen LogP contribution in [0.3, 0.4) is 0 Å². The molecule has 33 heavy (non-hydrogen) atoms. The van der Waals surface area contributed by atoms with Gasteiger partial charge in [0.15, 0.2) is 0 Å². The summed E-state index contributed by atoms with van der Waals surface area (Å²) in [6, 6.07) is 17.5. The summed E-state index contributed by atoms with van der Waals surface area (Å²) in [4.78, 5) is 29.4. The van der Waals surface area contributed by atoms with Crippen molar-refractivity contribution in [3.05, 3.63) is 65.9 Å². The highest BCUT2D eigenvalue weighted by Gasteiger charge is 2.29. The fraction of sp³-hybridized carbons (Fsp3) is 0.407. The first kappa shape index (κ1) is 22.9. The maximum absolute atomic E-state index is 13.1. The zero-order valence-electron chi connectivity index (χ0n) is 19.5. The lowest BCUT2D eigenvalue weighted by Gasteiger charge is -2.33. The number of hydrogen-bond acceptors (Lipinski definition) is 4. The van der Waals surface area contributed by atoms with Crippen LogP contribution >= 0.6 is 0 Å². The van der Waals surface area contributed by atoms with Gasteiger partial charge in [0, 0.05) is 50.0 Å². The number of nitrogens with zero attached hydrogens (tertiary/aromatic N) is 2. The van der Waals surface area contributed by atoms with E-state index in [0.717, 1.165) is 34.5 Å². The summed E-state index contributed by atoms with van der Waals surface area (Å²) in [6.07, 6.45) is 2.53. The number of piperidine rings is 1. The maximum Gasteiger partial charge on any atom is 0.225 e. The van der Waals surface area contributed by atoms with Gasteiger partial charge in [0.1, 0.15) is 17.1 Å². The molecule has 1 aliphatic rings. The van der Waals surface area contributed by atoms with Crippen LogP contribution in [0.1, 0.15) is 37.5 Å². The smallest absolute Gasteiger partial charge is 0.225 e. The lowest BCUT2D eigenvalue weighted by atomic mass is 9.95. The number of amides is 2. The minimum absolute atomic E-state index is 0.0529. The summed E-state index contributed by atoms with van der Waals surface area (Å²) in [5.74, 6) is 1.88. The number of carbonyl (C=O) groups excluding carboxylic acids is 2. The Hall–Kier alpha value is -3.28. The third kappa shape index (κ3) is 5.38. The van der Waals surface area contributed by atoms with E-state index in [0.29, 0.717) is 45.5 Å². The largest absolute Gasteiger partial charge is 0.493 e. The van der Waals surface area contributed by atoms with Gasteiger partial charge in [-0.1, -0.05) is 43.3 Å². The number of likely N-dealkylation sites (tertiary alicyclic amines) is 1. The van der Waals surface area contributed by atoms with Gasteiger partial charge in [0.05, 0.1) is 13.0 Å². The quantitative estimate of drug-likeness (QED) is 0.503. The van der Waals surface area contributed by atoms with Gasteiger partial charge in [0.2, 0.25) is 11.8 Å². The molecule has 4 rings (SSSR count). The van der Waals surface area contributed by atoms with E-state index < -0.39 is 0 Å². The summed E-state index contributed by atoms with van der Waals surface area (Å²) in [5, 5.41) is 1.08. The maximum atomic E-state index is 13.1. The van der Waals surface area contributed by atoms with E-state index in [1.54, 1.807) is 0 Å². The topological polar surface area (TPSA) is 63.0 Å². The second kappa shape index (κ2) is 10.6. The van der Waals surface area contributed by atoms with Crippen molar-refractivity contribution in [3.8, 4) is 5.75 Å². The van der Waals surface area contributed by atoms with Crippen LogP contribution in [-0.4, -0.2) is 48.4 Å². The minimum atomic E-state index is -0.0529. The first-order valence-corrected chi connectivity index (χ1v) is 11.8. The molecule has 0 N–H and O–H groups in total. The van der Waals surface area contributed by atoms with Gasteiger partial charge < -0.3 is 19.0 Å². The van der Waals surface area contributed by atoms with Crippen LogP contribution in [0.15, 0.2) is 59.0 Å². The second-order valence-electron chi connectivity index (χ2n) is 8.61. The monoisotopic (exact) mass is 448 g/mol. The van der Waals surface area contributed by atoms with Crippen molar-refractivity contribution in [1.82, 2.24) is 9.80 Å². The summed E-state index contributed by atoms with van der Waals surface area (Å²) in [5.41, 5.74) is 1.96. The molecule has 0 bridgehead atoms. The molecule has 2 aromatic carbocycles. The number of carbonyl (C=O) groups is 2. The Morgan fingerprint density at radius 1 is 1.06 bits per heavy atom. The van der Waals surface area contributed by atoms with E-state index >= 15 is 0 Å². The first-order valence-electron chi connectivity index (χ1n) is 11.8. The molecule has 0 atom stereocenters. The zero-order chi connectivity index (χ0) is 23.2. The van der Waals surface area contributed by atoms with Crippen molar-refractivity contribution in [2.45, 2.75) is 39.2 Å². The van der Waals surface area contributed by atoms with Crippen molar-refractivity contribution in [1.29, 1.82) is 0 Å². The van der Waals surface area contributed by atoms with Gasteiger partial charge in [-0.25, -0.2) is 0 Å². The van der Waals surface area contributed by atoms with Gasteiger partial charge in [-0.3, -0.25) is 9.59 Å². The molecule has 6 heteroatoms. The molecule has 1 saturated heterocycles. The molecule has 1 aromatic heterocycles. The third-order valence-corrected chi connectivity index (χ3v) is 6.40. The summed E-state index contributed by atoms with van der Waals surface area (Å²) in [7, 11) is 1.86. The number of rotatable bonds is 8. The van der Waals surface area contributed by atoms with E-state index in [2.05, 4.69) is 13.0 Å². The van der Waals surface area contributed by atoms with Gasteiger partial charge in [-0.2, -0.15) is 0 Å². The molecule has 6 nitrogen and oxygen atoms in total. The Morgan fingerprint density at radius 2 is 1.76 bits per heavy atom. The van der Waals surface area contributed by atoms with Crippen LogP contribution in [0.5, 0.6) is 5.75 Å². The number of benzene rings is 2. The van der Waals surface area contributed by atoms with Crippen molar-refractivity contribution in [2.24, 2.45) is 5.92 Å². The van der Waals surface area contributed by atoms with Crippen molar-refractivity contribution < 1.29 is 18.7 Å². The van der Waals surface area contributed by atoms with Crippen molar-refractivity contribution in [2.75, 3.05) is 26.7 Å². The molecular formula is C27H32N2O4. The second-order valence-corrected chi connectivity index (χ2v) is 8.61. The molecule has 2 heterocycles. The first-order chi connectivity index (χ1) is 16.1. The number of para-hydroxylation sites is 2. The van der Waals surface area contributed by atoms with Crippen LogP contribution in [0.4, 0.5) is 0 Å². The Balaban J connectivity index is 1.27. The molecule has 0 saturated carbocycles. The highest BCUT2D eigenvalue weighted by Crippen LogP contribution is 2.28. The van der Waals surface area contributed by atoms with E-state index in [1.165, 1.54) is 0 Å². The fourth-order valence-electron chi connectivity index (χ4n) is 4.54. The Morgan fingerprint density at radius 3 is 2.48 bits per heavy atom. The number of aryl methyl sites for hydroxylation is 1. The lowest BCUT2D eigenvalue weighted by Crippen LogP contribution is -2.43. The SMILES string of the molecule is CCc1oc2ccccc2c1CN(C)C(=O)C1CCN(C(=O)CCOc2ccccc2)CC1. The van der Waals surface area contributed by atoms with Gasteiger partial charge in [-0.15, -0.1) is 0 Å². The van der Waals surface area contributed by atoms with Gasteiger partial charge >= 0.3 is 0 Å². The molecule has 0 radical (unpaired) electrons. The Bertz CT molecular complexity index is 1080. The van der Waals surface area contributed by atoms with Gasteiger partial charge in [0.25, 0.3) is 0 Å². The highest BCUT2D eigenvalue weighted by atomic mass is 16.5. The van der Waals surface area contributed by atoms with Crippen LogP contribution in [-0.2, 0) is 22.6 Å². The van der Waals surface area contributed by atoms with Crippen LogP contribution in [0.2, 0.25) is 0 Å². The minimum Gasteiger partial charge on any atom is -0.493 e. The Kier molecular flexibility index (Phi) is 7.33. The predicted molar refractivity (Wildman–Crippen MR) is 128 cm³/mol. The fourth-order valence-corrected chi connectivity index (χ4v) is 4.54. The molecule has 0 aliphatic carbocycles. The number of furan rings is 1. The van der Waals surface area contributed by atoms with E-state index in [9.17, 15) is 9.59 Å². The molecule has 3 aromatic rings. The molecule has 1 fully saturated rings. The molecule has 2 amide bonds. The molecular weight excluding hydrogens is 416 g/mol. The van der Waals surface area contributed by atoms with Crippen LogP contribution in [0, 0.1) is 5.92 Å². The third-order valence-electron chi connectivity index (χ3n) is 6.40. The van der Waals surface area contributed by atoms with Crippen molar-refractivity contribution in [3.63, 3.8) is 0 Å². The average Bonchev–Trinajstić information content (AvgIpc) is 3.21. The summed E-state index contributed by atoms with van der Waals surface area (Å²) < 4.78 is 11.6. The number of hydrogen-bond donors (Lipinski definition) is 0. The Labute approximate surface area is 195 Å². The average molecular weight is 449 g/mol. The predicted octanol–water partition coefficient (Wildman–Crippen LogP) is 4.66.